The maximum Gasteiger partial charge on any atom is 0.300 e. The molecule has 0 spiro atoms. The molecule has 0 amide bonds. The fourth-order valence-electron chi connectivity index (χ4n) is 2.52. The van der Waals surface area contributed by atoms with Crippen molar-refractivity contribution in [3.63, 3.8) is 0 Å². The molecule has 1 heterocycles. The number of hydrogen-bond acceptors (Lipinski definition) is 6. The van der Waals surface area contributed by atoms with Gasteiger partial charge in [0.15, 0.2) is 5.52 Å². The Labute approximate surface area is 129 Å². The van der Waals surface area contributed by atoms with Gasteiger partial charge in [0.2, 0.25) is 5.52 Å². The second-order valence-corrected chi connectivity index (χ2v) is 5.04. The standard InChI is InChI=1S/C16H10N4O3/c21-20(22)14-8-7-13(15-16(14)19-23-18-15)17-12-6-5-10-3-1-2-4-11(10)9-12/h1-9,17H. The Bertz CT molecular complexity index is 1040. The molecule has 0 bridgehead atoms. The summed E-state index contributed by atoms with van der Waals surface area (Å²) in [6.45, 7) is 0. The molecule has 112 valence electrons. The number of non-ortho nitro benzene ring substituents is 1. The summed E-state index contributed by atoms with van der Waals surface area (Å²) in [5.41, 5.74) is 1.77. The second-order valence-electron chi connectivity index (χ2n) is 5.04. The van der Waals surface area contributed by atoms with Crippen LogP contribution in [0.2, 0.25) is 0 Å². The van der Waals surface area contributed by atoms with Gasteiger partial charge in [0, 0.05) is 11.8 Å². The van der Waals surface area contributed by atoms with Gasteiger partial charge in [-0.25, -0.2) is 4.63 Å². The van der Waals surface area contributed by atoms with Crippen LogP contribution in [0.25, 0.3) is 21.8 Å². The highest BCUT2D eigenvalue weighted by atomic mass is 16.6. The third-order valence-electron chi connectivity index (χ3n) is 3.62. The summed E-state index contributed by atoms with van der Waals surface area (Å²) in [6, 6.07) is 16.9. The van der Waals surface area contributed by atoms with Crippen LogP contribution in [-0.2, 0) is 0 Å². The van der Waals surface area contributed by atoms with Crippen molar-refractivity contribution in [1.82, 2.24) is 10.3 Å². The predicted molar refractivity (Wildman–Crippen MR) is 85.7 cm³/mol. The van der Waals surface area contributed by atoms with E-state index < -0.39 is 4.92 Å². The molecule has 0 saturated carbocycles. The first-order chi connectivity index (χ1) is 11.2. The summed E-state index contributed by atoms with van der Waals surface area (Å²) < 4.78 is 4.66. The lowest BCUT2D eigenvalue weighted by molar-refractivity contribution is -0.383. The molecule has 0 saturated heterocycles. The van der Waals surface area contributed by atoms with E-state index in [1.807, 2.05) is 42.5 Å². The van der Waals surface area contributed by atoms with Gasteiger partial charge >= 0.3 is 5.69 Å². The molecular weight excluding hydrogens is 296 g/mol. The summed E-state index contributed by atoms with van der Waals surface area (Å²) in [6.07, 6.45) is 0. The number of nitrogens with one attached hydrogen (secondary N) is 1. The van der Waals surface area contributed by atoms with Crippen LogP contribution in [0.15, 0.2) is 59.2 Å². The van der Waals surface area contributed by atoms with Crippen molar-refractivity contribution in [1.29, 1.82) is 0 Å². The topological polar surface area (TPSA) is 94.1 Å². The van der Waals surface area contributed by atoms with E-state index in [-0.39, 0.29) is 11.2 Å². The second kappa shape index (κ2) is 5.06. The molecule has 0 fully saturated rings. The number of nitrogens with zero attached hydrogens (tertiary/aromatic N) is 3. The number of hydrogen-bond donors (Lipinski definition) is 1. The van der Waals surface area contributed by atoms with Crippen LogP contribution in [-0.4, -0.2) is 15.2 Å². The third-order valence-corrected chi connectivity index (χ3v) is 3.62. The zero-order valence-electron chi connectivity index (χ0n) is 11.8. The Morgan fingerprint density at radius 2 is 1.74 bits per heavy atom. The molecule has 1 aromatic heterocycles. The molecule has 0 unspecified atom stereocenters. The van der Waals surface area contributed by atoms with Crippen molar-refractivity contribution in [2.75, 3.05) is 5.32 Å². The van der Waals surface area contributed by atoms with Gasteiger partial charge < -0.3 is 5.32 Å². The lowest BCUT2D eigenvalue weighted by Crippen LogP contribution is -1.94. The highest BCUT2D eigenvalue weighted by Crippen LogP contribution is 2.31. The average molecular weight is 306 g/mol. The zero-order valence-corrected chi connectivity index (χ0v) is 11.8. The van der Waals surface area contributed by atoms with E-state index in [9.17, 15) is 10.1 Å². The van der Waals surface area contributed by atoms with Gasteiger partial charge in [-0.1, -0.05) is 30.3 Å². The van der Waals surface area contributed by atoms with Crippen LogP contribution >= 0.6 is 0 Å². The van der Waals surface area contributed by atoms with Crippen LogP contribution in [0, 0.1) is 10.1 Å². The lowest BCUT2D eigenvalue weighted by atomic mass is 10.1. The molecule has 4 aromatic rings. The smallest absolute Gasteiger partial charge is 0.300 e. The summed E-state index contributed by atoms with van der Waals surface area (Å²) in [7, 11) is 0. The molecule has 1 N–H and O–H groups in total. The first-order valence-electron chi connectivity index (χ1n) is 6.88. The summed E-state index contributed by atoms with van der Waals surface area (Å²) in [5, 5.41) is 23.8. The molecule has 0 aliphatic heterocycles. The fraction of sp³-hybridized carbons (Fsp3) is 0. The molecule has 3 aromatic carbocycles. The van der Waals surface area contributed by atoms with Crippen molar-refractivity contribution in [2.45, 2.75) is 0 Å². The number of anilines is 2. The quantitative estimate of drug-likeness (QED) is 0.453. The maximum atomic E-state index is 11.0. The van der Waals surface area contributed by atoms with E-state index in [4.69, 9.17) is 0 Å². The minimum Gasteiger partial charge on any atom is -0.354 e. The highest BCUT2D eigenvalue weighted by Gasteiger charge is 2.19. The summed E-state index contributed by atoms with van der Waals surface area (Å²) in [4.78, 5) is 10.5. The van der Waals surface area contributed by atoms with Crippen molar-refractivity contribution >= 4 is 38.9 Å². The first kappa shape index (κ1) is 13.2. The number of nitro benzene ring substituents is 1. The van der Waals surface area contributed by atoms with Crippen molar-refractivity contribution < 1.29 is 9.55 Å². The summed E-state index contributed by atoms with van der Waals surface area (Å²) in [5.74, 6) is 0. The molecule has 7 heteroatoms. The minimum absolute atomic E-state index is 0.126. The average Bonchev–Trinajstić information content (AvgIpc) is 3.04. The van der Waals surface area contributed by atoms with E-state index >= 15 is 0 Å². The molecule has 23 heavy (non-hydrogen) atoms. The van der Waals surface area contributed by atoms with Gasteiger partial charge in [-0.2, -0.15) is 0 Å². The normalized spacial score (nSPS) is 11.0. The van der Waals surface area contributed by atoms with Crippen molar-refractivity contribution in [3.8, 4) is 0 Å². The predicted octanol–water partition coefficient (Wildman–Crippen LogP) is 4.03. The fourth-order valence-corrected chi connectivity index (χ4v) is 2.52. The van der Waals surface area contributed by atoms with Crippen LogP contribution in [0.4, 0.5) is 17.1 Å². The molecular formula is C16H10N4O3. The Morgan fingerprint density at radius 3 is 2.57 bits per heavy atom. The first-order valence-corrected chi connectivity index (χ1v) is 6.88. The minimum atomic E-state index is -0.508. The number of fused-ring (bicyclic) bond motifs is 2. The zero-order chi connectivity index (χ0) is 15.8. The number of aromatic nitrogens is 2. The maximum absolute atomic E-state index is 11.0. The van der Waals surface area contributed by atoms with Crippen LogP contribution in [0.1, 0.15) is 0 Å². The van der Waals surface area contributed by atoms with E-state index in [1.165, 1.54) is 6.07 Å². The lowest BCUT2D eigenvalue weighted by Gasteiger charge is -2.07. The van der Waals surface area contributed by atoms with Gasteiger partial charge in [-0.3, -0.25) is 10.1 Å². The third kappa shape index (κ3) is 2.24. The highest BCUT2D eigenvalue weighted by molar-refractivity contribution is 5.95. The molecule has 0 atom stereocenters. The molecule has 0 aliphatic rings. The Kier molecular flexibility index (Phi) is 2.90. The largest absolute Gasteiger partial charge is 0.354 e. The summed E-state index contributed by atoms with van der Waals surface area (Å²) >= 11 is 0. The number of nitro groups is 1. The van der Waals surface area contributed by atoms with Gasteiger partial charge in [-0.15, -0.1) is 0 Å². The Morgan fingerprint density at radius 1 is 0.957 bits per heavy atom. The van der Waals surface area contributed by atoms with Gasteiger partial charge in [0.25, 0.3) is 0 Å². The van der Waals surface area contributed by atoms with E-state index in [2.05, 4.69) is 20.3 Å². The Balaban J connectivity index is 1.78. The van der Waals surface area contributed by atoms with Crippen molar-refractivity contribution in [3.05, 3.63) is 64.7 Å². The van der Waals surface area contributed by atoms with Gasteiger partial charge in [0.1, 0.15) is 0 Å². The SMILES string of the molecule is O=[N+]([O-])c1ccc(Nc2ccc3ccccc3c2)c2nonc12. The van der Waals surface area contributed by atoms with Crippen LogP contribution in [0.3, 0.4) is 0 Å². The number of benzene rings is 3. The van der Waals surface area contributed by atoms with Crippen LogP contribution in [0.5, 0.6) is 0 Å². The number of rotatable bonds is 3. The Hall–Kier alpha value is -3.48. The van der Waals surface area contributed by atoms with E-state index in [0.29, 0.717) is 11.2 Å². The van der Waals surface area contributed by atoms with Crippen LogP contribution < -0.4 is 5.32 Å². The van der Waals surface area contributed by atoms with Crippen molar-refractivity contribution in [2.24, 2.45) is 0 Å². The van der Waals surface area contributed by atoms with Gasteiger partial charge in [-0.05, 0) is 39.3 Å². The monoisotopic (exact) mass is 306 g/mol. The van der Waals surface area contributed by atoms with Gasteiger partial charge in [0.05, 0.1) is 10.6 Å². The molecule has 0 aliphatic carbocycles. The molecule has 4 rings (SSSR count). The molecule has 0 radical (unpaired) electrons. The van der Waals surface area contributed by atoms with E-state index in [0.717, 1.165) is 16.5 Å². The van der Waals surface area contributed by atoms with E-state index in [1.54, 1.807) is 6.07 Å². The molecule has 7 nitrogen and oxygen atoms in total.